The van der Waals surface area contributed by atoms with Crippen molar-refractivity contribution in [3.63, 3.8) is 0 Å². The van der Waals surface area contributed by atoms with Crippen molar-refractivity contribution in [1.29, 1.82) is 0 Å². The van der Waals surface area contributed by atoms with Crippen molar-refractivity contribution in [1.82, 2.24) is 10.2 Å². The quantitative estimate of drug-likeness (QED) is 0.310. The van der Waals surface area contributed by atoms with Gasteiger partial charge in [0, 0.05) is 31.6 Å². The molecule has 1 aliphatic carbocycles. The average Bonchev–Trinajstić information content (AvgIpc) is 3.42. The third kappa shape index (κ3) is 5.34. The second kappa shape index (κ2) is 10.1. The number of halogens is 1. The summed E-state index contributed by atoms with van der Waals surface area (Å²) in [6, 6.07) is 11.1. The lowest BCUT2D eigenvalue weighted by Crippen LogP contribution is -2.49. The van der Waals surface area contributed by atoms with Crippen LogP contribution in [0, 0.1) is 5.92 Å². The zero-order valence-electron chi connectivity index (χ0n) is 15.7. The number of hydrogen-bond donors (Lipinski definition) is 1. The molecular weight excluding hydrogens is 441 g/mol. The Morgan fingerprint density at radius 1 is 1.31 bits per heavy atom. The summed E-state index contributed by atoms with van der Waals surface area (Å²) in [4.78, 5) is 19.0. The number of guanidine groups is 1. The number of likely N-dealkylation sites (tertiary alicyclic amines) is 1. The molecule has 1 saturated carbocycles. The molecule has 6 heteroatoms. The van der Waals surface area contributed by atoms with E-state index in [4.69, 9.17) is 4.74 Å². The van der Waals surface area contributed by atoms with Crippen LogP contribution < -0.4 is 5.32 Å². The van der Waals surface area contributed by atoms with E-state index in [0.29, 0.717) is 25.1 Å². The number of hydrogen-bond acceptors (Lipinski definition) is 3. The normalized spacial score (nSPS) is 25.2. The van der Waals surface area contributed by atoms with Gasteiger partial charge in [0.15, 0.2) is 5.96 Å². The molecule has 1 N–H and O–H groups in total. The van der Waals surface area contributed by atoms with Gasteiger partial charge in [0.2, 0.25) is 0 Å². The van der Waals surface area contributed by atoms with E-state index in [1.165, 1.54) is 5.56 Å². The molecule has 2 aliphatic rings. The minimum atomic E-state index is -0.0726. The number of benzene rings is 1. The predicted octanol–water partition coefficient (Wildman–Crippen LogP) is 3.40. The van der Waals surface area contributed by atoms with Gasteiger partial charge in [0.05, 0.1) is 12.5 Å². The third-order valence-corrected chi connectivity index (χ3v) is 4.98. The van der Waals surface area contributed by atoms with Crippen LogP contribution >= 0.6 is 24.0 Å². The van der Waals surface area contributed by atoms with Gasteiger partial charge in [0.1, 0.15) is 0 Å². The van der Waals surface area contributed by atoms with Gasteiger partial charge in [-0.25, -0.2) is 0 Å². The van der Waals surface area contributed by atoms with Gasteiger partial charge < -0.3 is 15.0 Å². The van der Waals surface area contributed by atoms with E-state index in [9.17, 15) is 4.79 Å². The molecule has 1 aromatic rings. The van der Waals surface area contributed by atoms with E-state index in [-0.39, 0.29) is 35.9 Å². The molecular formula is C20H30IN3O2. The Labute approximate surface area is 173 Å². The standard InChI is InChI=1S/C20H29N3O2.HI/c1-3-21-20(22-18-13-17(18)15-9-6-5-7-10-15)23-12-8-11-16(14-23)19(24)25-4-2;/h5-7,9-10,16-18H,3-4,8,11-14H2,1-2H3,(H,21,22);1H. The number of carbonyl (C=O) groups excluding carboxylic acids is 1. The third-order valence-electron chi connectivity index (χ3n) is 4.98. The number of aliphatic imine (C=N–C) groups is 1. The van der Waals surface area contributed by atoms with Crippen molar-refractivity contribution in [3.05, 3.63) is 35.9 Å². The van der Waals surface area contributed by atoms with E-state index in [1.807, 2.05) is 6.92 Å². The molecule has 5 nitrogen and oxygen atoms in total. The highest BCUT2D eigenvalue weighted by Gasteiger charge is 2.40. The zero-order chi connectivity index (χ0) is 17.6. The first kappa shape index (κ1) is 21.0. The fourth-order valence-corrected chi connectivity index (χ4v) is 3.60. The molecule has 3 rings (SSSR count). The maximum atomic E-state index is 12.1. The fourth-order valence-electron chi connectivity index (χ4n) is 3.60. The topological polar surface area (TPSA) is 53.9 Å². The lowest BCUT2D eigenvalue weighted by atomic mass is 9.98. The van der Waals surface area contributed by atoms with Crippen molar-refractivity contribution in [2.24, 2.45) is 10.9 Å². The maximum absolute atomic E-state index is 12.1. The second-order valence-electron chi connectivity index (χ2n) is 6.84. The molecule has 0 aromatic heterocycles. The van der Waals surface area contributed by atoms with Gasteiger partial charge in [-0.1, -0.05) is 30.3 Å². The Morgan fingerprint density at radius 2 is 2.08 bits per heavy atom. The summed E-state index contributed by atoms with van der Waals surface area (Å²) < 4.78 is 5.21. The highest BCUT2D eigenvalue weighted by atomic mass is 127. The summed E-state index contributed by atoms with van der Waals surface area (Å²) in [5, 5.41) is 3.63. The number of carbonyl (C=O) groups is 1. The summed E-state index contributed by atoms with van der Waals surface area (Å²) in [5.74, 6) is 1.40. The predicted molar refractivity (Wildman–Crippen MR) is 115 cm³/mol. The molecule has 1 aliphatic heterocycles. The molecule has 3 atom stereocenters. The minimum Gasteiger partial charge on any atom is -0.466 e. The van der Waals surface area contributed by atoms with Crippen LogP contribution in [0.5, 0.6) is 0 Å². The van der Waals surface area contributed by atoms with Crippen LogP contribution in [-0.4, -0.2) is 49.1 Å². The highest BCUT2D eigenvalue weighted by molar-refractivity contribution is 14.0. The van der Waals surface area contributed by atoms with E-state index in [2.05, 4.69) is 52.5 Å². The molecule has 144 valence electrons. The van der Waals surface area contributed by atoms with Gasteiger partial charge in [-0.2, -0.15) is 0 Å². The molecule has 2 fully saturated rings. The number of nitrogens with zero attached hydrogens (tertiary/aromatic N) is 2. The van der Waals surface area contributed by atoms with E-state index < -0.39 is 0 Å². The summed E-state index contributed by atoms with van der Waals surface area (Å²) in [6.45, 7) is 6.75. The largest absolute Gasteiger partial charge is 0.466 e. The van der Waals surface area contributed by atoms with Gasteiger partial charge in [0.25, 0.3) is 0 Å². The van der Waals surface area contributed by atoms with Gasteiger partial charge in [-0.15, -0.1) is 24.0 Å². The molecule has 1 aromatic carbocycles. The van der Waals surface area contributed by atoms with Crippen LogP contribution in [0.1, 0.15) is 44.6 Å². The van der Waals surface area contributed by atoms with Crippen molar-refractivity contribution in [2.45, 2.75) is 45.1 Å². The monoisotopic (exact) mass is 471 g/mol. The SMILES string of the molecule is CCN=C(NC1CC1c1ccccc1)N1CCCC(C(=O)OCC)C1.I. The summed E-state index contributed by atoms with van der Waals surface area (Å²) in [5.41, 5.74) is 1.39. The molecule has 0 spiro atoms. The van der Waals surface area contributed by atoms with E-state index in [1.54, 1.807) is 0 Å². The number of ether oxygens (including phenoxy) is 1. The van der Waals surface area contributed by atoms with Crippen LogP contribution in [0.15, 0.2) is 35.3 Å². The molecule has 0 bridgehead atoms. The maximum Gasteiger partial charge on any atom is 0.310 e. The lowest BCUT2D eigenvalue weighted by molar-refractivity contribution is -0.149. The van der Waals surface area contributed by atoms with Crippen molar-refractivity contribution < 1.29 is 9.53 Å². The fraction of sp³-hybridized carbons (Fsp3) is 0.600. The highest BCUT2D eigenvalue weighted by Crippen LogP contribution is 2.40. The van der Waals surface area contributed by atoms with Gasteiger partial charge in [-0.3, -0.25) is 9.79 Å². The van der Waals surface area contributed by atoms with Crippen LogP contribution in [0.25, 0.3) is 0 Å². The first-order valence-electron chi connectivity index (χ1n) is 9.50. The molecule has 26 heavy (non-hydrogen) atoms. The molecule has 1 heterocycles. The lowest BCUT2D eigenvalue weighted by Gasteiger charge is -2.34. The van der Waals surface area contributed by atoms with Crippen molar-refractivity contribution >= 4 is 35.9 Å². The Balaban J connectivity index is 0.00000243. The van der Waals surface area contributed by atoms with Crippen LogP contribution in [0.2, 0.25) is 0 Å². The van der Waals surface area contributed by atoms with Gasteiger partial charge in [-0.05, 0) is 38.7 Å². The van der Waals surface area contributed by atoms with E-state index in [0.717, 1.165) is 38.3 Å². The first-order chi connectivity index (χ1) is 12.2. The molecule has 1 saturated heterocycles. The molecule has 0 amide bonds. The zero-order valence-corrected chi connectivity index (χ0v) is 18.0. The second-order valence-corrected chi connectivity index (χ2v) is 6.84. The number of piperidine rings is 1. The number of rotatable bonds is 5. The first-order valence-corrected chi connectivity index (χ1v) is 9.50. The average molecular weight is 471 g/mol. The Hall–Kier alpha value is -1.31. The van der Waals surface area contributed by atoms with E-state index >= 15 is 0 Å². The van der Waals surface area contributed by atoms with Crippen LogP contribution in [0.3, 0.4) is 0 Å². The van der Waals surface area contributed by atoms with Crippen LogP contribution in [-0.2, 0) is 9.53 Å². The minimum absolute atomic E-state index is 0. The van der Waals surface area contributed by atoms with Crippen LogP contribution in [0.4, 0.5) is 0 Å². The van der Waals surface area contributed by atoms with Crippen molar-refractivity contribution in [2.75, 3.05) is 26.2 Å². The molecule has 3 unspecified atom stereocenters. The number of nitrogens with one attached hydrogen (secondary N) is 1. The smallest absolute Gasteiger partial charge is 0.310 e. The molecule has 0 radical (unpaired) electrons. The summed E-state index contributed by atoms with van der Waals surface area (Å²) >= 11 is 0. The van der Waals surface area contributed by atoms with Gasteiger partial charge >= 0.3 is 5.97 Å². The summed E-state index contributed by atoms with van der Waals surface area (Å²) in [6.07, 6.45) is 3.05. The Kier molecular flexibility index (Phi) is 8.18. The van der Waals surface area contributed by atoms with Crippen molar-refractivity contribution in [3.8, 4) is 0 Å². The Morgan fingerprint density at radius 3 is 2.77 bits per heavy atom. The number of esters is 1. The summed E-state index contributed by atoms with van der Waals surface area (Å²) in [7, 11) is 0. The Bertz CT molecular complexity index is 608.